The maximum absolute atomic E-state index is 5.91. The Morgan fingerprint density at radius 1 is 1.29 bits per heavy atom. The molecule has 1 aliphatic heterocycles. The molecule has 0 saturated heterocycles. The Labute approximate surface area is 125 Å². The molecule has 1 aromatic carbocycles. The monoisotopic (exact) mass is 286 g/mol. The molecule has 2 atom stereocenters. The molecule has 0 bridgehead atoms. The van der Waals surface area contributed by atoms with Gasteiger partial charge in [-0.15, -0.1) is 0 Å². The number of aromatic nitrogens is 3. The van der Waals surface area contributed by atoms with Crippen molar-refractivity contribution in [2.45, 2.75) is 31.2 Å². The van der Waals surface area contributed by atoms with E-state index in [9.17, 15) is 0 Å². The molecule has 0 spiro atoms. The van der Waals surface area contributed by atoms with Gasteiger partial charge in [0.1, 0.15) is 5.82 Å². The Morgan fingerprint density at radius 2 is 2.10 bits per heavy atom. The number of rotatable bonds is 5. The Balaban J connectivity index is 1.95. The summed E-state index contributed by atoms with van der Waals surface area (Å²) in [6.07, 6.45) is 2.87. The third-order valence-corrected chi connectivity index (χ3v) is 4.15. The Morgan fingerprint density at radius 3 is 2.81 bits per heavy atom. The number of ether oxygens (including phenoxy) is 1. The van der Waals surface area contributed by atoms with Gasteiger partial charge in [-0.2, -0.15) is 5.10 Å². The zero-order chi connectivity index (χ0) is 14.7. The van der Waals surface area contributed by atoms with Crippen molar-refractivity contribution < 1.29 is 4.74 Å². The second-order valence-electron chi connectivity index (χ2n) is 5.51. The fraction of sp³-hybridized carbons (Fsp3) is 0.500. The second kappa shape index (κ2) is 6.37. The first-order chi connectivity index (χ1) is 10.3. The molecule has 1 aliphatic rings. The molecule has 3 rings (SSSR count). The molecule has 0 saturated carbocycles. The van der Waals surface area contributed by atoms with Gasteiger partial charge in [-0.05, 0) is 18.4 Å². The highest BCUT2D eigenvalue weighted by Crippen LogP contribution is 2.35. The average Bonchev–Trinajstić information content (AvgIpc) is 2.96. The molecule has 2 heterocycles. The van der Waals surface area contributed by atoms with Crippen LogP contribution in [0.4, 0.5) is 0 Å². The molecule has 2 aromatic rings. The van der Waals surface area contributed by atoms with E-state index in [4.69, 9.17) is 20.6 Å². The van der Waals surface area contributed by atoms with Crippen LogP contribution in [-0.2, 0) is 11.2 Å². The van der Waals surface area contributed by atoms with E-state index in [1.165, 1.54) is 5.56 Å². The van der Waals surface area contributed by atoms with Gasteiger partial charge in [0, 0.05) is 26.0 Å². The topological polar surface area (TPSA) is 66.0 Å². The fourth-order valence-corrected chi connectivity index (χ4v) is 3.01. The fourth-order valence-electron chi connectivity index (χ4n) is 3.01. The van der Waals surface area contributed by atoms with E-state index in [0.717, 1.165) is 30.9 Å². The van der Waals surface area contributed by atoms with Gasteiger partial charge in [0.05, 0.1) is 12.6 Å². The number of nitrogens with two attached hydrogens (primary N) is 1. The lowest BCUT2D eigenvalue weighted by atomic mass is 9.91. The van der Waals surface area contributed by atoms with Crippen molar-refractivity contribution in [1.29, 1.82) is 0 Å². The number of benzene rings is 1. The minimum Gasteiger partial charge on any atom is -0.384 e. The van der Waals surface area contributed by atoms with Gasteiger partial charge in [0.25, 0.3) is 0 Å². The third kappa shape index (κ3) is 2.84. The summed E-state index contributed by atoms with van der Waals surface area (Å²) in [6.45, 7) is 1.27. The van der Waals surface area contributed by atoms with Crippen molar-refractivity contribution >= 4 is 0 Å². The summed E-state index contributed by atoms with van der Waals surface area (Å²) in [5, 5.41) is 4.71. The van der Waals surface area contributed by atoms with E-state index in [1.807, 2.05) is 6.07 Å². The van der Waals surface area contributed by atoms with E-state index in [1.54, 1.807) is 7.11 Å². The first kappa shape index (κ1) is 14.2. The first-order valence-electron chi connectivity index (χ1n) is 7.52. The summed E-state index contributed by atoms with van der Waals surface area (Å²) in [4.78, 5) is 4.71. The smallest absolute Gasteiger partial charge is 0.153 e. The van der Waals surface area contributed by atoms with Crippen molar-refractivity contribution in [2.75, 3.05) is 20.3 Å². The summed E-state index contributed by atoms with van der Waals surface area (Å²) in [6, 6.07) is 10.8. The van der Waals surface area contributed by atoms with Crippen LogP contribution in [0.5, 0.6) is 0 Å². The first-order valence-corrected chi connectivity index (χ1v) is 7.52. The normalized spacial score (nSPS) is 21.2. The van der Waals surface area contributed by atoms with Gasteiger partial charge in [-0.3, -0.25) is 0 Å². The third-order valence-electron chi connectivity index (χ3n) is 4.15. The molecule has 0 amide bonds. The summed E-state index contributed by atoms with van der Waals surface area (Å²) in [7, 11) is 1.70. The van der Waals surface area contributed by atoms with Gasteiger partial charge in [-0.25, -0.2) is 9.67 Å². The minimum absolute atomic E-state index is 0.271. The van der Waals surface area contributed by atoms with Crippen molar-refractivity contribution in [3.63, 3.8) is 0 Å². The van der Waals surface area contributed by atoms with Crippen molar-refractivity contribution in [2.24, 2.45) is 5.73 Å². The Kier molecular flexibility index (Phi) is 4.31. The van der Waals surface area contributed by atoms with Gasteiger partial charge in [0.2, 0.25) is 0 Å². The lowest BCUT2D eigenvalue weighted by Crippen LogP contribution is -2.27. The van der Waals surface area contributed by atoms with Crippen LogP contribution in [0.1, 0.15) is 42.0 Å². The van der Waals surface area contributed by atoms with Gasteiger partial charge >= 0.3 is 0 Å². The lowest BCUT2D eigenvalue weighted by molar-refractivity contribution is 0.200. The van der Waals surface area contributed by atoms with E-state index >= 15 is 0 Å². The molecule has 1 aromatic heterocycles. The maximum Gasteiger partial charge on any atom is 0.153 e. The van der Waals surface area contributed by atoms with E-state index < -0.39 is 0 Å². The van der Waals surface area contributed by atoms with Crippen LogP contribution in [0.15, 0.2) is 30.3 Å². The van der Waals surface area contributed by atoms with Crippen LogP contribution in [0.25, 0.3) is 0 Å². The van der Waals surface area contributed by atoms with E-state index in [-0.39, 0.29) is 6.04 Å². The highest BCUT2D eigenvalue weighted by molar-refractivity contribution is 5.22. The summed E-state index contributed by atoms with van der Waals surface area (Å²) < 4.78 is 7.21. The van der Waals surface area contributed by atoms with Gasteiger partial charge in [0.15, 0.2) is 5.82 Å². The Hall–Kier alpha value is -1.72. The highest BCUT2D eigenvalue weighted by atomic mass is 16.5. The van der Waals surface area contributed by atoms with Crippen LogP contribution in [-0.4, -0.2) is 35.0 Å². The molecule has 0 fully saturated rings. The summed E-state index contributed by atoms with van der Waals surface area (Å²) in [5.74, 6) is 2.20. The SMILES string of the molecule is COCCc1nc2n(n1)C(c1ccccc1)CCC2CN. The Bertz CT molecular complexity index is 581. The number of hydrogen-bond donors (Lipinski definition) is 1. The predicted molar refractivity (Wildman–Crippen MR) is 81.2 cm³/mol. The molecular formula is C16H22N4O. The van der Waals surface area contributed by atoms with Crippen molar-refractivity contribution in [3.8, 4) is 0 Å². The minimum atomic E-state index is 0.271. The molecule has 21 heavy (non-hydrogen) atoms. The lowest BCUT2D eigenvalue weighted by Gasteiger charge is -2.28. The highest BCUT2D eigenvalue weighted by Gasteiger charge is 2.30. The predicted octanol–water partition coefficient (Wildman–Crippen LogP) is 1.89. The molecule has 5 heteroatoms. The molecule has 0 aliphatic carbocycles. The summed E-state index contributed by atoms with van der Waals surface area (Å²) in [5.41, 5.74) is 7.20. The average molecular weight is 286 g/mol. The van der Waals surface area contributed by atoms with Crippen LogP contribution in [0.2, 0.25) is 0 Å². The van der Waals surface area contributed by atoms with E-state index in [2.05, 4.69) is 28.9 Å². The van der Waals surface area contributed by atoms with E-state index in [0.29, 0.717) is 19.1 Å². The molecular weight excluding hydrogens is 264 g/mol. The zero-order valence-electron chi connectivity index (χ0n) is 12.4. The van der Waals surface area contributed by atoms with Crippen LogP contribution >= 0.6 is 0 Å². The molecule has 0 radical (unpaired) electrons. The van der Waals surface area contributed by atoms with Gasteiger partial charge < -0.3 is 10.5 Å². The number of fused-ring (bicyclic) bond motifs is 1. The molecule has 2 N–H and O–H groups in total. The number of nitrogens with zero attached hydrogens (tertiary/aromatic N) is 3. The zero-order valence-corrected chi connectivity index (χ0v) is 12.4. The van der Waals surface area contributed by atoms with Crippen molar-refractivity contribution in [1.82, 2.24) is 14.8 Å². The number of hydrogen-bond acceptors (Lipinski definition) is 4. The van der Waals surface area contributed by atoms with Gasteiger partial charge in [-0.1, -0.05) is 30.3 Å². The summed E-state index contributed by atoms with van der Waals surface area (Å²) >= 11 is 0. The standard InChI is InChI=1S/C16H22N4O/c1-21-10-9-15-18-16-13(11-17)7-8-14(20(16)19-15)12-5-3-2-4-6-12/h2-6,13-14H,7-11,17H2,1H3. The maximum atomic E-state index is 5.91. The molecule has 2 unspecified atom stereocenters. The second-order valence-corrected chi connectivity index (χ2v) is 5.51. The largest absolute Gasteiger partial charge is 0.384 e. The van der Waals surface area contributed by atoms with Crippen LogP contribution in [0.3, 0.4) is 0 Å². The number of methoxy groups -OCH3 is 1. The van der Waals surface area contributed by atoms with Crippen molar-refractivity contribution in [3.05, 3.63) is 47.5 Å². The molecule has 5 nitrogen and oxygen atoms in total. The molecule has 112 valence electrons. The quantitative estimate of drug-likeness (QED) is 0.911. The van der Waals surface area contributed by atoms with Crippen LogP contribution < -0.4 is 5.73 Å². The van der Waals surface area contributed by atoms with Crippen LogP contribution in [0, 0.1) is 0 Å².